The van der Waals surface area contributed by atoms with Crippen molar-refractivity contribution in [2.75, 3.05) is 40.1 Å². The molecule has 0 aliphatic heterocycles. The van der Waals surface area contributed by atoms with E-state index in [1.807, 2.05) is 0 Å². The van der Waals surface area contributed by atoms with Gasteiger partial charge in [-0.1, -0.05) is 54.5 Å². The number of carbonyl (C=O) groups excluding carboxylic acids is 1. The fraction of sp³-hybridized carbons (Fsp3) is 0.800. The van der Waals surface area contributed by atoms with Crippen LogP contribution in [0.2, 0.25) is 0 Å². The van der Waals surface area contributed by atoms with Gasteiger partial charge in [-0.3, -0.25) is 19.2 Å². The van der Waals surface area contributed by atoms with Crippen molar-refractivity contribution in [2.45, 2.75) is 67.7 Å². The maximum atomic E-state index is 13.5. The normalized spacial score (nSPS) is 18.6. The van der Waals surface area contributed by atoms with Crippen molar-refractivity contribution in [1.29, 1.82) is 0 Å². The van der Waals surface area contributed by atoms with E-state index in [-0.39, 0.29) is 52.2 Å². The lowest BCUT2D eigenvalue weighted by molar-refractivity contribution is -0.189. The van der Waals surface area contributed by atoms with Gasteiger partial charge in [-0.15, -0.1) is 6.58 Å². The number of hydrogen-bond acceptors (Lipinski definition) is 8. The molecule has 7 unspecified atom stereocenters. The molecule has 0 bridgehead atoms. The summed E-state index contributed by atoms with van der Waals surface area (Å²) in [4.78, 5) is 52.5. The van der Waals surface area contributed by atoms with Gasteiger partial charge >= 0.3 is 23.9 Å². The Morgan fingerprint density at radius 1 is 0.854 bits per heavy atom. The number of methoxy groups -OCH3 is 1. The zero-order valence-corrected chi connectivity index (χ0v) is 26.1. The van der Waals surface area contributed by atoms with E-state index in [1.165, 1.54) is 7.11 Å². The maximum Gasteiger partial charge on any atom is 0.310 e. The largest absolute Gasteiger partial charge is 0.481 e. The molecule has 0 rings (SSSR count). The molecule has 0 heterocycles. The van der Waals surface area contributed by atoms with Crippen LogP contribution < -0.4 is 5.73 Å². The van der Waals surface area contributed by atoms with Gasteiger partial charge in [0.1, 0.15) is 6.61 Å². The average molecular weight is 588 g/mol. The highest BCUT2D eigenvalue weighted by Crippen LogP contribution is 2.60. The van der Waals surface area contributed by atoms with Crippen LogP contribution in [0.1, 0.15) is 67.7 Å². The standard InChI is InChI=1S/C30H53NO10/c1-10-14-40-16-17-41-27(38)20(19(4)18-31)21(24(32)33)29(7,11-2)30(8,12-3)23(26(36)37)22(25(34)35)28(5,6)13-15-39-9/h10,19-23H,1,11-18,31H2,2-9H3,(H,32,33)(H,34,35)(H,36,37). The Kier molecular flexibility index (Phi) is 15.8. The SMILES string of the molecule is C=CCOCCOC(=O)C(C(C)CN)C(C(=O)O)C(C)(CC)C(C)(CC)C(C(=O)O)C(C(=O)O)C(C)(C)CCOC. The molecule has 0 amide bonds. The molecule has 0 radical (unpaired) electrons. The third-order valence-electron chi connectivity index (χ3n) is 9.39. The summed E-state index contributed by atoms with van der Waals surface area (Å²) in [7, 11) is 1.48. The van der Waals surface area contributed by atoms with Crippen molar-refractivity contribution in [3.05, 3.63) is 12.7 Å². The zero-order chi connectivity index (χ0) is 32.2. The second-order valence-electron chi connectivity index (χ2n) is 12.0. The molecule has 0 aromatic carbocycles. The first-order chi connectivity index (χ1) is 19.0. The Hall–Kier alpha value is -2.50. The predicted octanol–water partition coefficient (Wildman–Crippen LogP) is 3.94. The van der Waals surface area contributed by atoms with Gasteiger partial charge in [0, 0.05) is 13.7 Å². The Labute approximate surface area is 244 Å². The van der Waals surface area contributed by atoms with Crippen LogP contribution in [0, 0.1) is 45.8 Å². The minimum atomic E-state index is -1.50. The molecule has 0 spiro atoms. The smallest absolute Gasteiger partial charge is 0.310 e. The number of carboxylic acids is 3. The highest BCUT2D eigenvalue weighted by atomic mass is 16.6. The molecule has 11 nitrogen and oxygen atoms in total. The minimum absolute atomic E-state index is 0.0245. The fourth-order valence-electron chi connectivity index (χ4n) is 6.32. The highest BCUT2D eigenvalue weighted by molar-refractivity contribution is 5.84. The molecule has 41 heavy (non-hydrogen) atoms. The quantitative estimate of drug-likeness (QED) is 0.0817. The summed E-state index contributed by atoms with van der Waals surface area (Å²) >= 11 is 0. The lowest BCUT2D eigenvalue weighted by atomic mass is 9.46. The second kappa shape index (κ2) is 16.8. The van der Waals surface area contributed by atoms with E-state index >= 15 is 0 Å². The number of nitrogens with two attached hydrogens (primary N) is 1. The van der Waals surface area contributed by atoms with Crippen LogP contribution in [0.4, 0.5) is 0 Å². The van der Waals surface area contributed by atoms with Crippen molar-refractivity contribution in [2.24, 2.45) is 51.6 Å². The molecule has 7 atom stereocenters. The molecular weight excluding hydrogens is 534 g/mol. The van der Waals surface area contributed by atoms with Crippen LogP contribution in [-0.2, 0) is 33.4 Å². The molecule has 11 heteroatoms. The van der Waals surface area contributed by atoms with E-state index in [0.717, 1.165) is 0 Å². The highest BCUT2D eigenvalue weighted by Gasteiger charge is 2.63. The number of ether oxygens (including phenoxy) is 3. The van der Waals surface area contributed by atoms with E-state index in [2.05, 4.69) is 6.58 Å². The predicted molar refractivity (Wildman–Crippen MR) is 154 cm³/mol. The summed E-state index contributed by atoms with van der Waals surface area (Å²) in [6, 6.07) is 0. The molecule has 5 N–H and O–H groups in total. The first-order valence-electron chi connectivity index (χ1n) is 14.2. The summed E-state index contributed by atoms with van der Waals surface area (Å²) in [5, 5.41) is 31.8. The molecule has 0 fully saturated rings. The van der Waals surface area contributed by atoms with Crippen LogP contribution in [0.15, 0.2) is 12.7 Å². The molecular formula is C30H53NO10. The first-order valence-corrected chi connectivity index (χ1v) is 14.2. The molecule has 0 aliphatic rings. The summed E-state index contributed by atoms with van der Waals surface area (Å²) in [6.07, 6.45) is 2.09. The maximum absolute atomic E-state index is 13.5. The molecule has 0 aromatic rings. The van der Waals surface area contributed by atoms with Crippen molar-refractivity contribution >= 4 is 23.9 Å². The molecule has 238 valence electrons. The van der Waals surface area contributed by atoms with Gasteiger partial charge in [-0.05, 0) is 48.0 Å². The van der Waals surface area contributed by atoms with Gasteiger partial charge in [0.15, 0.2) is 0 Å². The summed E-state index contributed by atoms with van der Waals surface area (Å²) in [6.45, 7) is 15.7. The van der Waals surface area contributed by atoms with Gasteiger partial charge in [-0.2, -0.15) is 0 Å². The van der Waals surface area contributed by atoms with Crippen molar-refractivity contribution in [3.63, 3.8) is 0 Å². The van der Waals surface area contributed by atoms with Crippen LogP contribution in [-0.4, -0.2) is 79.3 Å². The molecule has 0 saturated carbocycles. The monoisotopic (exact) mass is 587 g/mol. The minimum Gasteiger partial charge on any atom is -0.481 e. The number of aliphatic carboxylic acids is 3. The van der Waals surface area contributed by atoms with E-state index in [1.54, 1.807) is 54.5 Å². The molecule has 0 aliphatic carbocycles. The van der Waals surface area contributed by atoms with Gasteiger partial charge in [-0.25, -0.2) is 0 Å². The van der Waals surface area contributed by atoms with E-state index < -0.39 is 69.7 Å². The van der Waals surface area contributed by atoms with Crippen molar-refractivity contribution in [3.8, 4) is 0 Å². The third-order valence-corrected chi connectivity index (χ3v) is 9.39. The summed E-state index contributed by atoms with van der Waals surface area (Å²) < 4.78 is 15.9. The van der Waals surface area contributed by atoms with Gasteiger partial charge in [0.05, 0.1) is 36.9 Å². The van der Waals surface area contributed by atoms with Crippen LogP contribution in [0.25, 0.3) is 0 Å². The van der Waals surface area contributed by atoms with E-state index in [4.69, 9.17) is 19.9 Å². The third kappa shape index (κ3) is 8.99. The number of rotatable bonds is 22. The van der Waals surface area contributed by atoms with Crippen LogP contribution in [0.3, 0.4) is 0 Å². The number of hydrogen-bond donors (Lipinski definition) is 4. The topological polar surface area (TPSA) is 183 Å². The Morgan fingerprint density at radius 3 is 1.73 bits per heavy atom. The Bertz CT molecular complexity index is 890. The number of carboxylic acid groups (broad SMARTS) is 3. The molecule has 0 aromatic heterocycles. The summed E-state index contributed by atoms with van der Waals surface area (Å²) in [5.74, 6) is -10.9. The Morgan fingerprint density at radius 2 is 1.34 bits per heavy atom. The lowest BCUT2D eigenvalue weighted by Gasteiger charge is -2.56. The average Bonchev–Trinajstić information content (AvgIpc) is 2.90. The second-order valence-corrected chi connectivity index (χ2v) is 12.0. The van der Waals surface area contributed by atoms with E-state index in [0.29, 0.717) is 0 Å². The van der Waals surface area contributed by atoms with Crippen LogP contribution >= 0.6 is 0 Å². The van der Waals surface area contributed by atoms with Gasteiger partial charge < -0.3 is 35.3 Å². The zero-order valence-electron chi connectivity index (χ0n) is 26.1. The number of esters is 1. The van der Waals surface area contributed by atoms with Gasteiger partial charge in [0.2, 0.25) is 0 Å². The van der Waals surface area contributed by atoms with Crippen LogP contribution in [0.5, 0.6) is 0 Å². The number of carbonyl (C=O) groups is 4. The lowest BCUT2D eigenvalue weighted by Crippen LogP contribution is -2.59. The summed E-state index contributed by atoms with van der Waals surface area (Å²) in [5.41, 5.74) is 2.14. The molecule has 0 saturated heterocycles. The van der Waals surface area contributed by atoms with Crippen molar-refractivity contribution in [1.82, 2.24) is 0 Å². The first kappa shape index (κ1) is 38.5. The van der Waals surface area contributed by atoms with Crippen molar-refractivity contribution < 1.29 is 48.7 Å². The van der Waals surface area contributed by atoms with E-state index in [9.17, 15) is 34.5 Å². The fourth-order valence-corrected chi connectivity index (χ4v) is 6.32. The van der Waals surface area contributed by atoms with Gasteiger partial charge in [0.25, 0.3) is 0 Å². The Balaban J connectivity index is 7.20.